The second-order valence-electron chi connectivity index (χ2n) is 12.4. The van der Waals surface area contributed by atoms with Gasteiger partial charge < -0.3 is 28.5 Å². The highest BCUT2D eigenvalue weighted by atomic mass is 16.6. The standard InChI is InChI=1S/C31H37NO10/c1-16(33)38-15-30(5)22-13-24(40-18(3)35)31(6)27(29(22,4)10-9-23(30)39-17(2)34)26(36)25-21(42-31)12-20(41-28(25)37)19-8-7-11-32-14-19/h7-8,11-12,14,22-24,26-27,36H,9-10,13,15H2,1-6H3/t22?,23-,24-,26-,27?,29-,30-,31+/m0/s1. The lowest BCUT2D eigenvalue weighted by Gasteiger charge is -2.66. The predicted molar refractivity (Wildman–Crippen MR) is 147 cm³/mol. The van der Waals surface area contributed by atoms with E-state index in [4.69, 9.17) is 23.4 Å². The van der Waals surface area contributed by atoms with Gasteiger partial charge in [-0.25, -0.2) is 4.79 Å². The van der Waals surface area contributed by atoms with Crippen molar-refractivity contribution < 1.29 is 42.9 Å². The largest absolute Gasteiger partial charge is 0.482 e. The van der Waals surface area contributed by atoms with Gasteiger partial charge in [0.25, 0.3) is 0 Å². The van der Waals surface area contributed by atoms with Gasteiger partial charge >= 0.3 is 23.5 Å². The van der Waals surface area contributed by atoms with Gasteiger partial charge in [-0.05, 0) is 49.7 Å². The third kappa shape index (κ3) is 4.77. The number of hydrogen-bond acceptors (Lipinski definition) is 11. The van der Waals surface area contributed by atoms with Crippen molar-refractivity contribution in [1.82, 2.24) is 4.98 Å². The molecule has 3 heterocycles. The maximum atomic E-state index is 13.4. The zero-order chi connectivity index (χ0) is 30.6. The number of pyridine rings is 1. The number of rotatable bonds is 5. The van der Waals surface area contributed by atoms with Crippen molar-refractivity contribution in [2.24, 2.45) is 22.7 Å². The molecule has 2 aliphatic carbocycles. The normalized spacial score (nSPS) is 35.0. The summed E-state index contributed by atoms with van der Waals surface area (Å²) in [6.45, 7) is 9.56. The quantitative estimate of drug-likeness (QED) is 0.405. The third-order valence-electron chi connectivity index (χ3n) is 9.73. The molecule has 0 saturated heterocycles. The zero-order valence-electron chi connectivity index (χ0n) is 24.7. The van der Waals surface area contributed by atoms with Gasteiger partial charge in [0.05, 0.1) is 6.10 Å². The summed E-state index contributed by atoms with van der Waals surface area (Å²) >= 11 is 0. The fourth-order valence-corrected chi connectivity index (χ4v) is 8.04. The van der Waals surface area contributed by atoms with Crippen molar-refractivity contribution in [3.05, 3.63) is 46.6 Å². The van der Waals surface area contributed by atoms with E-state index in [0.29, 0.717) is 18.4 Å². The Morgan fingerprint density at radius 2 is 1.76 bits per heavy atom. The van der Waals surface area contributed by atoms with Crippen molar-refractivity contribution in [2.45, 2.75) is 84.7 Å². The van der Waals surface area contributed by atoms with Crippen molar-refractivity contribution in [3.63, 3.8) is 0 Å². The molecular formula is C31H37NO10. The van der Waals surface area contributed by atoms with Crippen LogP contribution in [-0.4, -0.2) is 52.4 Å². The number of carbonyl (C=O) groups excluding carboxylic acids is 3. The second-order valence-corrected chi connectivity index (χ2v) is 12.4. The molecule has 0 bridgehead atoms. The molecule has 0 aromatic carbocycles. The zero-order valence-corrected chi connectivity index (χ0v) is 24.7. The summed E-state index contributed by atoms with van der Waals surface area (Å²) in [6, 6.07) is 5.00. The van der Waals surface area contributed by atoms with E-state index in [1.165, 1.54) is 20.8 Å². The molecule has 5 rings (SSSR count). The van der Waals surface area contributed by atoms with E-state index in [2.05, 4.69) is 4.98 Å². The monoisotopic (exact) mass is 583 g/mol. The number of aromatic nitrogens is 1. The van der Waals surface area contributed by atoms with Crippen molar-refractivity contribution in [1.29, 1.82) is 0 Å². The Labute approximate surface area is 243 Å². The van der Waals surface area contributed by atoms with E-state index in [1.54, 1.807) is 37.5 Å². The number of hydrogen-bond donors (Lipinski definition) is 1. The van der Waals surface area contributed by atoms with E-state index in [-0.39, 0.29) is 36.0 Å². The molecule has 1 aliphatic heterocycles. The summed E-state index contributed by atoms with van der Waals surface area (Å²) in [5.41, 5.74) is -3.09. The summed E-state index contributed by atoms with van der Waals surface area (Å²) in [5, 5.41) is 12.1. The lowest BCUT2D eigenvalue weighted by atomic mass is 9.42. The van der Waals surface area contributed by atoms with E-state index in [1.807, 2.05) is 13.8 Å². The van der Waals surface area contributed by atoms with E-state index >= 15 is 0 Å². The minimum atomic E-state index is -1.34. The molecule has 2 unspecified atom stereocenters. The highest BCUT2D eigenvalue weighted by molar-refractivity contribution is 5.67. The van der Waals surface area contributed by atoms with Crippen LogP contribution in [-0.2, 0) is 28.6 Å². The lowest BCUT2D eigenvalue weighted by molar-refractivity contribution is -0.270. The first-order valence-electron chi connectivity index (χ1n) is 14.1. The Hall–Kier alpha value is -3.73. The molecule has 2 fully saturated rings. The summed E-state index contributed by atoms with van der Waals surface area (Å²) in [5.74, 6) is -2.25. The van der Waals surface area contributed by atoms with E-state index < -0.39 is 64.2 Å². The van der Waals surface area contributed by atoms with Crippen LogP contribution in [0.15, 0.2) is 39.8 Å². The van der Waals surface area contributed by atoms with Crippen molar-refractivity contribution >= 4 is 17.9 Å². The number of esters is 3. The molecular weight excluding hydrogens is 546 g/mol. The second kappa shape index (κ2) is 10.5. The number of fused-ring (bicyclic) bond motifs is 4. The molecule has 0 amide bonds. The van der Waals surface area contributed by atoms with Crippen LogP contribution in [0, 0.1) is 22.7 Å². The molecule has 42 heavy (non-hydrogen) atoms. The van der Waals surface area contributed by atoms with Crippen LogP contribution in [0.4, 0.5) is 0 Å². The number of nitrogens with zero attached hydrogens (tertiary/aromatic N) is 1. The first-order valence-corrected chi connectivity index (χ1v) is 14.1. The Morgan fingerprint density at radius 1 is 1.07 bits per heavy atom. The smallest absolute Gasteiger partial charge is 0.345 e. The van der Waals surface area contributed by atoms with Gasteiger partial charge in [-0.2, -0.15) is 0 Å². The van der Waals surface area contributed by atoms with Crippen LogP contribution >= 0.6 is 0 Å². The fraction of sp³-hybridized carbons (Fsp3) is 0.581. The van der Waals surface area contributed by atoms with E-state index in [0.717, 1.165) is 0 Å². The first kappa shape index (κ1) is 29.8. The molecule has 8 atom stereocenters. The maximum absolute atomic E-state index is 13.4. The van der Waals surface area contributed by atoms with Gasteiger partial charge in [0.1, 0.15) is 41.5 Å². The van der Waals surface area contributed by atoms with Gasteiger partial charge in [0.2, 0.25) is 0 Å². The molecule has 0 spiro atoms. The minimum absolute atomic E-state index is 0.0163. The number of aliphatic hydroxyl groups is 1. The average Bonchev–Trinajstić information content (AvgIpc) is 2.90. The van der Waals surface area contributed by atoms with Crippen LogP contribution in [0.2, 0.25) is 0 Å². The molecule has 11 heteroatoms. The molecule has 2 aromatic heterocycles. The molecule has 2 aromatic rings. The Bertz CT molecular complexity index is 1460. The summed E-state index contributed by atoms with van der Waals surface area (Å²) in [7, 11) is 0. The maximum Gasteiger partial charge on any atom is 0.345 e. The number of ether oxygens (including phenoxy) is 4. The SMILES string of the molecule is CC(=O)OC[C@@]1(C)C2C[C@H](OC(C)=O)[C@@]3(C)Oc4cc(-c5cccnc5)oc(=O)c4[C@H](O)C3[C@@]2(C)CC[C@@H]1OC(C)=O. The van der Waals surface area contributed by atoms with Crippen molar-refractivity contribution in [3.8, 4) is 17.1 Å². The first-order chi connectivity index (χ1) is 19.7. The average molecular weight is 584 g/mol. The Balaban J connectivity index is 1.66. The number of carbonyl (C=O) groups is 3. The van der Waals surface area contributed by atoms with Crippen LogP contribution in [0.5, 0.6) is 5.75 Å². The topological polar surface area (TPSA) is 151 Å². The van der Waals surface area contributed by atoms with Crippen LogP contribution in [0.25, 0.3) is 11.3 Å². The fourth-order valence-electron chi connectivity index (χ4n) is 8.04. The molecule has 226 valence electrons. The van der Waals surface area contributed by atoms with Crippen LogP contribution in [0.3, 0.4) is 0 Å². The summed E-state index contributed by atoms with van der Waals surface area (Å²) < 4.78 is 29.5. The lowest BCUT2D eigenvalue weighted by Crippen LogP contribution is -2.71. The molecule has 1 N–H and O–H groups in total. The molecule has 3 aliphatic rings. The van der Waals surface area contributed by atoms with Gasteiger partial charge in [-0.1, -0.05) is 13.8 Å². The van der Waals surface area contributed by atoms with Crippen LogP contribution in [0.1, 0.15) is 72.5 Å². The Kier molecular flexibility index (Phi) is 7.45. The summed E-state index contributed by atoms with van der Waals surface area (Å²) in [6.07, 6.45) is 1.53. The highest BCUT2D eigenvalue weighted by Crippen LogP contribution is 2.67. The minimum Gasteiger partial charge on any atom is -0.482 e. The molecule has 0 radical (unpaired) electrons. The van der Waals surface area contributed by atoms with Gasteiger partial charge in [0.15, 0.2) is 0 Å². The molecule has 2 saturated carbocycles. The Morgan fingerprint density at radius 3 is 2.38 bits per heavy atom. The number of aliphatic hydroxyl groups excluding tert-OH is 1. The third-order valence-corrected chi connectivity index (χ3v) is 9.73. The molecule has 11 nitrogen and oxygen atoms in total. The van der Waals surface area contributed by atoms with Crippen molar-refractivity contribution in [2.75, 3.05) is 6.61 Å². The van der Waals surface area contributed by atoms with Crippen LogP contribution < -0.4 is 10.4 Å². The van der Waals surface area contributed by atoms with Gasteiger partial charge in [-0.3, -0.25) is 19.4 Å². The predicted octanol–water partition coefficient (Wildman–Crippen LogP) is 3.76. The highest BCUT2D eigenvalue weighted by Gasteiger charge is 2.70. The van der Waals surface area contributed by atoms with Gasteiger partial charge in [-0.15, -0.1) is 0 Å². The van der Waals surface area contributed by atoms with E-state index in [9.17, 15) is 24.3 Å². The van der Waals surface area contributed by atoms with Gasteiger partial charge in [0, 0.05) is 56.1 Å². The summed E-state index contributed by atoms with van der Waals surface area (Å²) in [4.78, 5) is 54.0.